The molecule has 0 unspecified atom stereocenters. The monoisotopic (exact) mass is 301 g/mol. The third-order valence-corrected chi connectivity index (χ3v) is 3.28. The van der Waals surface area contributed by atoms with Crippen molar-refractivity contribution in [2.24, 2.45) is 0 Å². The Labute approximate surface area is 110 Å². The molecule has 0 aliphatic heterocycles. The van der Waals surface area contributed by atoms with Gasteiger partial charge in [-0.15, -0.1) is 0 Å². The molecule has 0 saturated heterocycles. The second-order valence-electron chi connectivity index (χ2n) is 4.03. The van der Waals surface area contributed by atoms with Crippen LogP contribution >= 0.6 is 15.9 Å². The molecule has 0 aliphatic carbocycles. The summed E-state index contributed by atoms with van der Waals surface area (Å²) in [6.45, 7) is 2.77. The molecule has 1 aromatic rings. The fraction of sp³-hybridized carbons (Fsp3) is 0.462. The minimum absolute atomic E-state index is 0.117. The van der Waals surface area contributed by atoms with Crippen LogP contribution in [0.3, 0.4) is 0 Å². The van der Waals surface area contributed by atoms with Gasteiger partial charge in [0.05, 0.1) is 5.56 Å². The molecular formula is C13H17BrFNO. The number of benzene rings is 1. The third kappa shape index (κ3) is 3.80. The fourth-order valence-corrected chi connectivity index (χ4v) is 2.11. The fourth-order valence-electron chi connectivity index (χ4n) is 1.59. The Morgan fingerprint density at radius 2 is 2.12 bits per heavy atom. The predicted octanol–water partition coefficient (Wildman–Crippen LogP) is 3.85. The zero-order valence-corrected chi connectivity index (χ0v) is 11.8. The minimum atomic E-state index is -0.480. The zero-order valence-electron chi connectivity index (χ0n) is 10.2. The summed E-state index contributed by atoms with van der Waals surface area (Å²) in [6.07, 6.45) is 3.13. The third-order valence-electron chi connectivity index (χ3n) is 2.62. The van der Waals surface area contributed by atoms with Gasteiger partial charge in [-0.1, -0.05) is 25.8 Å². The lowest BCUT2D eigenvalue weighted by Gasteiger charge is -2.18. The van der Waals surface area contributed by atoms with Crippen molar-refractivity contribution in [3.8, 4) is 0 Å². The van der Waals surface area contributed by atoms with Gasteiger partial charge < -0.3 is 4.90 Å². The molecule has 2 nitrogen and oxygen atoms in total. The first kappa shape index (κ1) is 14.2. The second-order valence-corrected chi connectivity index (χ2v) is 4.88. The van der Waals surface area contributed by atoms with E-state index in [1.807, 2.05) is 0 Å². The Hall–Kier alpha value is -0.900. The van der Waals surface area contributed by atoms with Gasteiger partial charge in [-0.05, 0) is 34.5 Å². The summed E-state index contributed by atoms with van der Waals surface area (Å²) in [5.74, 6) is -0.752. The Morgan fingerprint density at radius 3 is 2.71 bits per heavy atom. The summed E-state index contributed by atoms with van der Waals surface area (Å²) in [4.78, 5) is 13.6. The van der Waals surface area contributed by atoms with E-state index >= 15 is 0 Å². The van der Waals surface area contributed by atoms with Crippen LogP contribution in [0.5, 0.6) is 0 Å². The number of carbonyl (C=O) groups is 1. The molecule has 1 rings (SSSR count). The van der Waals surface area contributed by atoms with Crippen LogP contribution in [0.1, 0.15) is 36.5 Å². The maximum Gasteiger partial charge on any atom is 0.257 e. The molecular weight excluding hydrogens is 285 g/mol. The van der Waals surface area contributed by atoms with Gasteiger partial charge in [0.2, 0.25) is 0 Å². The molecule has 0 spiro atoms. The van der Waals surface area contributed by atoms with Crippen molar-refractivity contribution >= 4 is 21.8 Å². The summed E-state index contributed by atoms with van der Waals surface area (Å²) in [5.41, 5.74) is 0.117. The number of amides is 1. The summed E-state index contributed by atoms with van der Waals surface area (Å²) in [6, 6.07) is 4.56. The van der Waals surface area contributed by atoms with E-state index in [4.69, 9.17) is 0 Å². The van der Waals surface area contributed by atoms with E-state index < -0.39 is 5.82 Å². The zero-order chi connectivity index (χ0) is 12.8. The van der Waals surface area contributed by atoms with E-state index in [9.17, 15) is 9.18 Å². The number of hydrogen-bond acceptors (Lipinski definition) is 1. The van der Waals surface area contributed by atoms with Crippen LogP contribution in [0, 0.1) is 5.82 Å². The molecule has 0 N–H and O–H groups in total. The van der Waals surface area contributed by atoms with Gasteiger partial charge in [-0.2, -0.15) is 0 Å². The van der Waals surface area contributed by atoms with Crippen molar-refractivity contribution in [2.75, 3.05) is 13.6 Å². The van der Waals surface area contributed by atoms with Gasteiger partial charge in [-0.25, -0.2) is 4.39 Å². The summed E-state index contributed by atoms with van der Waals surface area (Å²) in [5, 5.41) is 0. The highest BCUT2D eigenvalue weighted by Crippen LogP contribution is 2.21. The van der Waals surface area contributed by atoms with Crippen molar-refractivity contribution in [1.29, 1.82) is 0 Å². The van der Waals surface area contributed by atoms with E-state index in [-0.39, 0.29) is 11.5 Å². The first-order valence-corrected chi connectivity index (χ1v) is 6.56. The number of rotatable bonds is 5. The number of unbranched alkanes of at least 4 members (excludes halogenated alkanes) is 2. The maximum absolute atomic E-state index is 13.6. The Bertz CT molecular complexity index is 375. The molecule has 0 aromatic heterocycles. The van der Waals surface area contributed by atoms with Crippen LogP contribution in [0.15, 0.2) is 22.7 Å². The van der Waals surface area contributed by atoms with E-state index in [0.717, 1.165) is 19.3 Å². The Kier molecular flexibility index (Phi) is 5.62. The van der Waals surface area contributed by atoms with Gasteiger partial charge in [0, 0.05) is 18.1 Å². The van der Waals surface area contributed by atoms with E-state index in [0.29, 0.717) is 11.0 Å². The topological polar surface area (TPSA) is 20.3 Å². The van der Waals surface area contributed by atoms with Crippen molar-refractivity contribution in [1.82, 2.24) is 4.90 Å². The number of carbonyl (C=O) groups excluding carboxylic acids is 1. The van der Waals surface area contributed by atoms with Gasteiger partial charge in [0.15, 0.2) is 0 Å². The van der Waals surface area contributed by atoms with E-state index in [1.165, 1.54) is 6.07 Å². The van der Waals surface area contributed by atoms with Crippen LogP contribution in [0.4, 0.5) is 4.39 Å². The molecule has 1 aromatic carbocycles. The highest BCUT2D eigenvalue weighted by Gasteiger charge is 2.18. The van der Waals surface area contributed by atoms with Crippen LogP contribution in [0.2, 0.25) is 0 Å². The van der Waals surface area contributed by atoms with Crippen molar-refractivity contribution in [3.63, 3.8) is 0 Å². The smallest absolute Gasteiger partial charge is 0.257 e. The van der Waals surface area contributed by atoms with Gasteiger partial charge in [-0.3, -0.25) is 4.79 Å². The van der Waals surface area contributed by atoms with Crippen LogP contribution in [-0.4, -0.2) is 24.4 Å². The lowest BCUT2D eigenvalue weighted by molar-refractivity contribution is 0.0787. The molecule has 0 radical (unpaired) electrons. The van der Waals surface area contributed by atoms with Crippen LogP contribution in [-0.2, 0) is 0 Å². The average molecular weight is 302 g/mol. The van der Waals surface area contributed by atoms with Crippen molar-refractivity contribution in [3.05, 3.63) is 34.1 Å². The molecule has 0 atom stereocenters. The molecule has 4 heteroatoms. The van der Waals surface area contributed by atoms with E-state index in [2.05, 4.69) is 22.9 Å². The first-order valence-electron chi connectivity index (χ1n) is 5.77. The van der Waals surface area contributed by atoms with Crippen LogP contribution in [0.25, 0.3) is 0 Å². The lowest BCUT2D eigenvalue weighted by Crippen LogP contribution is -2.28. The minimum Gasteiger partial charge on any atom is -0.342 e. The first-order chi connectivity index (χ1) is 8.07. The van der Waals surface area contributed by atoms with Crippen molar-refractivity contribution < 1.29 is 9.18 Å². The van der Waals surface area contributed by atoms with Crippen LogP contribution < -0.4 is 0 Å². The second kappa shape index (κ2) is 6.74. The Morgan fingerprint density at radius 1 is 1.41 bits per heavy atom. The summed E-state index contributed by atoms with van der Waals surface area (Å²) in [7, 11) is 1.71. The highest BCUT2D eigenvalue weighted by atomic mass is 79.9. The van der Waals surface area contributed by atoms with Gasteiger partial charge in [0.25, 0.3) is 5.91 Å². The molecule has 0 fully saturated rings. The standard InChI is InChI=1S/C13H17BrFNO/c1-3-4-5-9-16(2)13(17)12-10(14)7-6-8-11(12)15/h6-8H,3-5,9H2,1-2H3. The summed E-state index contributed by atoms with van der Waals surface area (Å²) >= 11 is 3.21. The Balaban J connectivity index is 2.75. The molecule has 94 valence electrons. The maximum atomic E-state index is 13.6. The number of halogens is 2. The number of nitrogens with zero attached hydrogens (tertiary/aromatic N) is 1. The molecule has 1 amide bonds. The van der Waals surface area contributed by atoms with Crippen molar-refractivity contribution in [2.45, 2.75) is 26.2 Å². The SMILES string of the molecule is CCCCCN(C)C(=O)c1c(F)cccc1Br. The van der Waals surface area contributed by atoms with E-state index in [1.54, 1.807) is 24.1 Å². The lowest BCUT2D eigenvalue weighted by atomic mass is 10.1. The largest absolute Gasteiger partial charge is 0.342 e. The summed E-state index contributed by atoms with van der Waals surface area (Å²) < 4.78 is 14.1. The molecule has 0 bridgehead atoms. The average Bonchev–Trinajstić information content (AvgIpc) is 2.28. The quantitative estimate of drug-likeness (QED) is 0.757. The molecule has 0 aliphatic rings. The predicted molar refractivity (Wildman–Crippen MR) is 70.6 cm³/mol. The highest BCUT2D eigenvalue weighted by molar-refractivity contribution is 9.10. The molecule has 0 saturated carbocycles. The normalized spacial score (nSPS) is 10.4. The van der Waals surface area contributed by atoms with Gasteiger partial charge in [0.1, 0.15) is 5.82 Å². The van der Waals surface area contributed by atoms with Gasteiger partial charge >= 0.3 is 0 Å². The molecule has 0 heterocycles. The number of hydrogen-bond donors (Lipinski definition) is 0. The molecule has 17 heavy (non-hydrogen) atoms.